The van der Waals surface area contributed by atoms with Crippen molar-refractivity contribution in [3.8, 4) is 11.1 Å². The predicted molar refractivity (Wildman–Crippen MR) is 150 cm³/mol. The molecule has 2 aliphatic rings. The molecule has 1 atom stereocenters. The van der Waals surface area contributed by atoms with E-state index in [1.807, 2.05) is 12.1 Å². The predicted octanol–water partition coefficient (Wildman–Crippen LogP) is 2.70. The normalized spacial score (nSPS) is 14.0. The second-order valence-electron chi connectivity index (χ2n) is 9.10. The van der Waals surface area contributed by atoms with Crippen molar-refractivity contribution >= 4 is 8.78 Å². The molecule has 0 fully saturated rings. The van der Waals surface area contributed by atoms with E-state index in [0.29, 0.717) is 5.92 Å². The average molecular weight is 615 g/mol. The van der Waals surface area contributed by atoms with Crippen LogP contribution in [0.4, 0.5) is 0 Å². The van der Waals surface area contributed by atoms with Gasteiger partial charge in [-0.05, 0) is 6.42 Å². The number of allylic oxidation sites excluding steroid dienone is 4. The molecule has 4 aromatic rings. The van der Waals surface area contributed by atoms with Crippen LogP contribution in [-0.4, -0.2) is 3.21 Å². The van der Waals surface area contributed by atoms with Gasteiger partial charge in [-0.1, -0.05) is 85.5 Å². The van der Waals surface area contributed by atoms with E-state index < -0.39 is 0 Å². The number of hydrogen-bond donors (Lipinski definition) is 0. The number of halogens is 2. The Labute approximate surface area is 256 Å². The van der Waals surface area contributed by atoms with Crippen molar-refractivity contribution in [3.05, 3.63) is 149 Å². The summed E-state index contributed by atoms with van der Waals surface area (Å²) in [6, 6.07) is 39.2. The monoisotopic (exact) mass is 612 g/mol. The fourth-order valence-electron chi connectivity index (χ4n) is 4.61. The van der Waals surface area contributed by atoms with Gasteiger partial charge in [0.05, 0.1) is 0 Å². The molecule has 3 heteroatoms. The first-order valence-electron chi connectivity index (χ1n) is 12.6. The third-order valence-electron chi connectivity index (χ3n) is 6.44. The van der Waals surface area contributed by atoms with E-state index in [0.717, 1.165) is 6.42 Å². The Morgan fingerprint density at radius 1 is 0.816 bits per heavy atom. The van der Waals surface area contributed by atoms with Gasteiger partial charge in [0.15, 0.2) is 0 Å². The topological polar surface area (TPSA) is 0 Å². The maximum Gasteiger partial charge on any atom is -0.0253 e. The van der Waals surface area contributed by atoms with Crippen molar-refractivity contribution in [3.63, 3.8) is 0 Å². The molecule has 0 heterocycles. The summed E-state index contributed by atoms with van der Waals surface area (Å²) in [5.74, 6) is 0.468. The van der Waals surface area contributed by atoms with Crippen LogP contribution < -0.4 is 24.8 Å². The van der Waals surface area contributed by atoms with Crippen LogP contribution in [0.15, 0.2) is 115 Å². The Balaban J connectivity index is 0.000000197. The molecule has 192 valence electrons. The molecule has 0 aliphatic heterocycles. The molecule has 6 rings (SSSR count). The number of fused-ring (bicyclic) bond motifs is 3. The molecule has 0 saturated carbocycles. The Hall–Kier alpha value is -2.31. The van der Waals surface area contributed by atoms with Crippen molar-refractivity contribution in [2.24, 2.45) is 5.92 Å². The van der Waals surface area contributed by atoms with E-state index >= 15 is 0 Å². The van der Waals surface area contributed by atoms with Crippen LogP contribution in [0.1, 0.15) is 49.4 Å². The van der Waals surface area contributed by atoms with Crippen molar-refractivity contribution in [2.45, 2.75) is 33.6 Å². The summed E-state index contributed by atoms with van der Waals surface area (Å²) in [5, 5.41) is 0. The van der Waals surface area contributed by atoms with Crippen molar-refractivity contribution in [1.29, 1.82) is 0 Å². The molecule has 0 spiro atoms. The van der Waals surface area contributed by atoms with E-state index in [2.05, 4.69) is 130 Å². The van der Waals surface area contributed by atoms with E-state index in [1.165, 1.54) is 75.2 Å². The second kappa shape index (κ2) is 15.9. The molecule has 0 aromatic heterocycles. The van der Waals surface area contributed by atoms with E-state index in [4.69, 9.17) is 0 Å². The van der Waals surface area contributed by atoms with Crippen LogP contribution in [0.3, 0.4) is 0 Å². The van der Waals surface area contributed by atoms with Crippen LogP contribution in [0, 0.1) is 18.1 Å². The Morgan fingerprint density at radius 2 is 1.42 bits per heavy atom. The fraction of sp³-hybridized carbons (Fsp3) is 0.171. The van der Waals surface area contributed by atoms with Crippen LogP contribution in [0.5, 0.6) is 0 Å². The Kier molecular flexibility index (Phi) is 13.4. The third kappa shape index (κ3) is 8.34. The largest absolute Gasteiger partial charge is 1.00 e. The summed E-state index contributed by atoms with van der Waals surface area (Å²) in [7, 11) is 0. The van der Waals surface area contributed by atoms with Crippen molar-refractivity contribution in [2.75, 3.05) is 0 Å². The molecule has 0 saturated heterocycles. The van der Waals surface area contributed by atoms with Crippen molar-refractivity contribution in [1.82, 2.24) is 0 Å². The summed E-state index contributed by atoms with van der Waals surface area (Å²) in [5.41, 5.74) is 10.8. The van der Waals surface area contributed by atoms with Gasteiger partial charge in [-0.2, -0.15) is 41.5 Å². The summed E-state index contributed by atoms with van der Waals surface area (Å²) in [4.78, 5) is 0. The molecule has 2 aliphatic carbocycles. The van der Waals surface area contributed by atoms with Crippen LogP contribution >= 0.6 is 0 Å². The number of hydrogen-bond acceptors (Lipinski definition) is 0. The maximum atomic E-state index is 3.39. The van der Waals surface area contributed by atoms with Crippen LogP contribution in [0.25, 0.3) is 16.7 Å². The van der Waals surface area contributed by atoms with Gasteiger partial charge in [-0.15, -0.1) is 11.1 Å². The minimum atomic E-state index is 0. The van der Waals surface area contributed by atoms with Gasteiger partial charge >= 0.3 is 76.7 Å². The zero-order chi connectivity index (χ0) is 25.3. The van der Waals surface area contributed by atoms with Gasteiger partial charge in [0.2, 0.25) is 0 Å². The van der Waals surface area contributed by atoms with E-state index in [1.54, 1.807) is 3.21 Å². The molecule has 1 unspecified atom stereocenters. The van der Waals surface area contributed by atoms with Crippen LogP contribution in [0.2, 0.25) is 0 Å². The van der Waals surface area contributed by atoms with Gasteiger partial charge in [-0.25, -0.2) is 5.57 Å². The van der Waals surface area contributed by atoms with Gasteiger partial charge < -0.3 is 24.8 Å². The van der Waals surface area contributed by atoms with Gasteiger partial charge in [-0.3, -0.25) is 6.08 Å². The van der Waals surface area contributed by atoms with Crippen LogP contribution in [-0.2, 0) is 30.7 Å². The summed E-state index contributed by atoms with van der Waals surface area (Å²) < 4.78 is 1.55. The Bertz CT molecular complexity index is 1330. The maximum absolute atomic E-state index is 3.39. The minimum absolute atomic E-state index is 0. The van der Waals surface area contributed by atoms with E-state index in [9.17, 15) is 0 Å². The molecule has 0 bridgehead atoms. The fourth-order valence-corrected chi connectivity index (χ4v) is 5.02. The second-order valence-corrected chi connectivity index (χ2v) is 10.6. The Morgan fingerprint density at radius 3 is 2.05 bits per heavy atom. The summed E-state index contributed by atoms with van der Waals surface area (Å²) in [6.07, 6.45) is 7.89. The van der Waals surface area contributed by atoms with Gasteiger partial charge in [0.25, 0.3) is 0 Å². The van der Waals surface area contributed by atoms with E-state index in [-0.39, 0.29) is 24.8 Å². The zero-order valence-electron chi connectivity index (χ0n) is 22.1. The third-order valence-corrected chi connectivity index (χ3v) is 8.02. The molecule has 0 N–H and O–H groups in total. The SMILES string of the molecule is CC1=[C-]C(C)C=C1c1ccccc1.CC[C](=[Zr+2])c1ccccc1.[Cl-].[Cl-].[c-]1cccc2c1Cc1ccccc1-2. The first-order valence-corrected chi connectivity index (χ1v) is 13.9. The molecule has 0 radical (unpaired) electrons. The average Bonchev–Trinajstić information content (AvgIpc) is 3.48. The molecular formula is C35H32Cl2Zr-2. The summed E-state index contributed by atoms with van der Waals surface area (Å²) >= 11 is 1.54. The first-order chi connectivity index (χ1) is 17.6. The zero-order valence-corrected chi connectivity index (χ0v) is 26.1. The van der Waals surface area contributed by atoms with Gasteiger partial charge in [0, 0.05) is 0 Å². The van der Waals surface area contributed by atoms with Crippen molar-refractivity contribution < 1.29 is 49.0 Å². The number of rotatable bonds is 3. The molecule has 38 heavy (non-hydrogen) atoms. The molecular weight excluding hydrogens is 583 g/mol. The smallest absolute Gasteiger partial charge is 0.0253 e. The minimum Gasteiger partial charge on any atom is -1.00 e. The first kappa shape index (κ1) is 31.9. The quantitative estimate of drug-likeness (QED) is 0.275. The summed E-state index contributed by atoms with van der Waals surface area (Å²) in [6.45, 7) is 6.50. The molecule has 0 amide bonds. The van der Waals surface area contributed by atoms with Gasteiger partial charge in [0.1, 0.15) is 0 Å². The number of benzene rings is 4. The molecule has 0 nitrogen and oxygen atoms in total. The molecule has 4 aromatic carbocycles. The standard InChI is InChI=1S/C13H9.C13H13.C9H10.2ClH.Zr/c1-3-7-12-10(5-1)9-11-6-2-4-8-13(11)12;1-10-8-11(2)13(9-10)12-6-4-3-5-7-12;1-2-6-9-7-4-3-5-8-9;;;/h1-5,7-8H,9H2;3-7,9-10H,1-2H3;3-5,7-8H,2H2,1H3;2*1H;/q2*-1;;;;+2/p-2.